The van der Waals surface area contributed by atoms with E-state index in [1.54, 1.807) is 0 Å². The summed E-state index contributed by atoms with van der Waals surface area (Å²) < 4.78 is 126. The molecule has 0 spiro atoms. The van der Waals surface area contributed by atoms with Crippen molar-refractivity contribution in [1.82, 2.24) is 26.6 Å². The number of aliphatic hydroxyl groups is 29. The van der Waals surface area contributed by atoms with Crippen molar-refractivity contribution in [2.45, 2.75) is 379 Å². The summed E-state index contributed by atoms with van der Waals surface area (Å²) in [6.45, 7) is -5.54. The third kappa shape index (κ3) is 24.8. The number of rotatable bonds is 35. The molecule has 0 aliphatic carbocycles. The quantitative estimate of drug-likeness (QED) is 0.0280. The molecule has 0 unspecified atom stereocenters. The van der Waals surface area contributed by atoms with Crippen LogP contribution in [-0.4, -0.2) is 581 Å². The van der Waals surface area contributed by atoms with Crippen LogP contribution >= 0.6 is 0 Å². The molecule has 0 aromatic carbocycles. The fraction of sp³-hybridized carbons (Fsp3) is 0.934. The molecule has 11 rings (SSSR count). The number of aliphatic hydroxyl groups excluding tert-OH is 29. The monoisotopic (exact) mass is 1990 g/mol. The van der Waals surface area contributed by atoms with Crippen molar-refractivity contribution in [2.75, 3.05) is 66.1 Å². The van der Waals surface area contributed by atoms with E-state index in [1.165, 1.54) is 6.92 Å². The number of carbonyl (C=O) groups is 5. The normalized spacial score (nSPS) is 49.2. The van der Waals surface area contributed by atoms with E-state index in [0.29, 0.717) is 0 Å². The van der Waals surface area contributed by atoms with E-state index in [2.05, 4.69) is 26.6 Å². The van der Waals surface area contributed by atoms with Gasteiger partial charge in [-0.2, -0.15) is 0 Å². The van der Waals surface area contributed by atoms with Gasteiger partial charge in [0.2, 0.25) is 29.5 Å². The highest BCUT2D eigenvalue weighted by molar-refractivity contribution is 5.75. The molecule has 0 saturated carbocycles. The first-order valence-corrected chi connectivity index (χ1v) is 43.5. The van der Waals surface area contributed by atoms with Crippen LogP contribution in [0.2, 0.25) is 0 Å². The fourth-order valence-corrected chi connectivity index (χ4v) is 17.7. The van der Waals surface area contributed by atoms with E-state index in [-0.39, 0.29) is 0 Å². The van der Waals surface area contributed by atoms with Gasteiger partial charge in [0.15, 0.2) is 69.2 Å². The molecule has 11 fully saturated rings. The van der Waals surface area contributed by atoms with Crippen LogP contribution in [0.25, 0.3) is 0 Å². The van der Waals surface area contributed by atoms with Crippen molar-refractivity contribution in [2.24, 2.45) is 0 Å². The van der Waals surface area contributed by atoms with Crippen molar-refractivity contribution < 1.29 is 272 Å². The summed E-state index contributed by atoms with van der Waals surface area (Å²) in [7, 11) is 0. The minimum Gasteiger partial charge on any atom is -0.394 e. The molecular weight excluding hydrogens is 1860 g/mol. The number of amides is 5. The largest absolute Gasteiger partial charge is 0.394 e. The van der Waals surface area contributed by atoms with Crippen molar-refractivity contribution >= 4 is 29.5 Å². The van der Waals surface area contributed by atoms with Gasteiger partial charge < -0.3 is 274 Å². The van der Waals surface area contributed by atoms with Gasteiger partial charge in [0.25, 0.3) is 0 Å². The van der Waals surface area contributed by atoms with Crippen molar-refractivity contribution in [3.63, 3.8) is 0 Å². The van der Waals surface area contributed by atoms with Crippen molar-refractivity contribution in [3.05, 3.63) is 0 Å². The zero-order valence-corrected chi connectivity index (χ0v) is 73.4. The first-order chi connectivity index (χ1) is 64.3. The molecule has 60 heteroatoms. The lowest BCUT2D eigenvalue weighted by atomic mass is 9.93. The van der Waals surface area contributed by atoms with Crippen LogP contribution in [0.1, 0.15) is 41.5 Å². The summed E-state index contributed by atoms with van der Waals surface area (Å²) in [6.07, 6.45) is -106. The minimum atomic E-state index is -2.71. The van der Waals surface area contributed by atoms with Crippen molar-refractivity contribution in [3.8, 4) is 0 Å². The van der Waals surface area contributed by atoms with Gasteiger partial charge in [0.05, 0.1) is 72.2 Å². The maximum atomic E-state index is 13.4. The van der Waals surface area contributed by atoms with E-state index >= 15 is 0 Å². The molecule has 0 bridgehead atoms. The van der Waals surface area contributed by atoms with Crippen LogP contribution < -0.4 is 26.6 Å². The van der Waals surface area contributed by atoms with Crippen molar-refractivity contribution in [1.29, 1.82) is 0 Å². The lowest BCUT2D eigenvalue weighted by molar-refractivity contribution is -0.403. The number of ether oxygens (including phenoxy) is 21. The Kier molecular flexibility index (Phi) is 40.1. The van der Waals surface area contributed by atoms with Crippen LogP contribution in [0.15, 0.2) is 0 Å². The number of carbonyl (C=O) groups excluding carboxylic acids is 5. The maximum Gasteiger partial charge on any atom is 0.217 e. The Hall–Kier alpha value is -4.65. The molecule has 11 aliphatic heterocycles. The average Bonchev–Trinajstić information content (AvgIpc) is 0.762. The third-order valence-electron chi connectivity index (χ3n) is 24.9. The third-order valence-corrected chi connectivity index (χ3v) is 24.9. The Morgan fingerprint density at radius 1 is 0.206 bits per heavy atom. The van der Waals surface area contributed by atoms with E-state index in [1.807, 2.05) is 0 Å². The van der Waals surface area contributed by atoms with Gasteiger partial charge >= 0.3 is 0 Å². The fourth-order valence-electron chi connectivity index (χ4n) is 17.7. The molecule has 0 aromatic rings. The highest BCUT2D eigenvalue weighted by Gasteiger charge is 2.63. The molecule has 11 heterocycles. The summed E-state index contributed by atoms with van der Waals surface area (Å²) >= 11 is 0. The van der Waals surface area contributed by atoms with Crippen LogP contribution in [0.5, 0.6) is 0 Å². The molecular formula is C76H127N5O55. The Morgan fingerprint density at radius 3 is 0.882 bits per heavy atom. The first-order valence-electron chi connectivity index (χ1n) is 43.5. The molecule has 136 heavy (non-hydrogen) atoms. The molecule has 0 radical (unpaired) electrons. The minimum absolute atomic E-state index is 0.866. The molecule has 0 aromatic heterocycles. The molecule has 11 aliphatic rings. The van der Waals surface area contributed by atoms with E-state index < -0.39 is 433 Å². The van der Waals surface area contributed by atoms with Crippen LogP contribution in [-0.2, 0) is 123 Å². The Labute approximate surface area is 770 Å². The number of nitrogens with one attached hydrogen (secondary N) is 5. The predicted octanol–water partition coefficient (Wildman–Crippen LogP) is -23.2. The summed E-state index contributed by atoms with van der Waals surface area (Å²) in [6, 6.07) is -9.69. The molecule has 60 nitrogen and oxygen atoms in total. The number of hydrogen-bond acceptors (Lipinski definition) is 55. The van der Waals surface area contributed by atoms with Crippen LogP contribution in [0.4, 0.5) is 0 Å². The summed E-state index contributed by atoms with van der Waals surface area (Å²) in [5.41, 5.74) is 0. The van der Waals surface area contributed by atoms with Crippen LogP contribution in [0, 0.1) is 0 Å². The van der Waals surface area contributed by atoms with E-state index in [0.717, 1.165) is 34.6 Å². The molecule has 5 amide bonds. The zero-order valence-electron chi connectivity index (χ0n) is 73.4. The Morgan fingerprint density at radius 2 is 0.463 bits per heavy atom. The smallest absolute Gasteiger partial charge is 0.217 e. The first kappa shape index (κ1) is 112. The zero-order chi connectivity index (χ0) is 100. The second-order valence-corrected chi connectivity index (χ2v) is 34.5. The second kappa shape index (κ2) is 48.8. The van der Waals surface area contributed by atoms with Gasteiger partial charge in [-0.3, -0.25) is 24.0 Å². The number of hydrogen-bond donors (Lipinski definition) is 34. The van der Waals surface area contributed by atoms with E-state index in [9.17, 15) is 172 Å². The Bertz CT molecular complexity index is 3760. The highest BCUT2D eigenvalue weighted by Crippen LogP contribution is 2.42. The molecule has 34 N–H and O–H groups in total. The summed E-state index contributed by atoms with van der Waals surface area (Å²) in [4.78, 5) is 64.7. The topological polar surface area (TPSA) is 926 Å². The van der Waals surface area contributed by atoms with Gasteiger partial charge in [-0.1, -0.05) is 0 Å². The van der Waals surface area contributed by atoms with Gasteiger partial charge in [-0.15, -0.1) is 0 Å². The molecule has 786 valence electrons. The van der Waals surface area contributed by atoms with Gasteiger partial charge in [-0.05, 0) is 6.92 Å². The van der Waals surface area contributed by atoms with Gasteiger partial charge in [0.1, 0.15) is 262 Å². The highest BCUT2D eigenvalue weighted by atomic mass is 16.8. The standard InChI is InChI=1S/C76H127N5O55/c1-17-38(95)50(107)53(110)71(118-17)116-16-32-61(47(104)33(66(115)119-32)77-18(2)90)130-69-36(80-21(5)93)48(105)59(28(12-87)125-69)132-74-57(114)63(134-76-65(136-68-35(79-20(4)92)46(103)40(97)24(8-83)121-68)55(112)60(30(14-89)127-76)129-67-34(78-19(3)91)45(102)39(96)23(7-82)120-67)44(101)31(128-74)15-117-75-64(52(109)42(99)26(10-85)124-75)135-70-37(81-22(6)94)49(106)58(29(13-88)126-70)131-73-56(113)62(43(100)27(11-86)123-73)133-72-54(111)51(108)41(98)25(9-84)122-72/h17,23-76,82-89,95-115H,7-16H2,1-6H3,(H,77,90)(H,78,91)(H,79,92)(H,80,93)(H,81,94)/t17-,23+,24+,25+,26+,27+,28+,29+,30+,31+,32+,33+,34+,35-,36+,37+,38+,39+,40+,41-,42+,43-,44+,45+,46+,47+,48+,49+,50+,51-,52-,53-,54+,55-,56+,57-,58+,59+,60+,61+,62-,63-,64-,65-,66+,67-,68-,69-,70-,71+,72+,73-,74-,75-,76+/m0/s1. The van der Waals surface area contributed by atoms with E-state index in [4.69, 9.17) is 99.5 Å². The molecule has 55 atom stereocenters. The lowest BCUT2D eigenvalue weighted by Crippen LogP contribution is -2.71. The lowest BCUT2D eigenvalue weighted by Gasteiger charge is -2.52. The maximum absolute atomic E-state index is 13.4. The van der Waals surface area contributed by atoms with Crippen LogP contribution in [0.3, 0.4) is 0 Å². The molecule has 11 saturated heterocycles. The predicted molar refractivity (Wildman–Crippen MR) is 419 cm³/mol. The SMILES string of the molecule is CC(=O)N[C@@H]1[C@H](O[C@@H]2[C@@H](O[C@@H]3[C@H](O)[C@H](O[C@H]4[C@H](O)[C@@H](NC(C)=O)[C@H](O[C@H]5[C@H](O)[C@@H](NC(C)=O)[C@H](O)O[C@@H]5CO[C@@H]5O[C@@H](C)[C@@H](O)[C@@H](O)[C@@H]5O)O[C@@H]4CO)O[C@H](CO[C@H]4O[C@H](CO)[C@@H](O)[C@H](O)[C@@H]4O[C@@H]4O[C@H](CO)[C@@H](O[C@@H]5O[C@H](CO)[C@H](O)[C@H](O[C@H]6O[C@H](CO)[C@H](O)[C@H](O)[C@H]6O)[C@H]5O)[C@H](O)[C@H]4NC(C)=O)[C@H]3O)O[C@H](CO)[C@@H](O[C@@H]3O[C@H](CO)[C@@H](O)[C@H](O)[C@H]3NC(C)=O)[C@@H]2O)O[C@H](CO)[C@@H](O)[C@@H]1O. The van der Waals surface area contributed by atoms with Gasteiger partial charge in [-0.25, -0.2) is 0 Å². The Balaban J connectivity index is 0.944. The van der Waals surface area contributed by atoms with Gasteiger partial charge in [0, 0.05) is 34.6 Å². The average molecular weight is 1990 g/mol. The summed E-state index contributed by atoms with van der Waals surface area (Å²) in [5.74, 6) is -4.77. The second-order valence-electron chi connectivity index (χ2n) is 34.5. The summed E-state index contributed by atoms with van der Waals surface area (Å²) in [5, 5.41) is 339.